The number of anilines is 1. The number of aromatic nitrogens is 3. The van der Waals surface area contributed by atoms with Crippen LogP contribution in [0.3, 0.4) is 0 Å². The lowest BCUT2D eigenvalue weighted by Gasteiger charge is -2.13. The summed E-state index contributed by atoms with van der Waals surface area (Å²) in [6.45, 7) is 1.57. The molecule has 196 valence electrons. The highest BCUT2D eigenvalue weighted by Gasteiger charge is 2.37. The third kappa shape index (κ3) is 5.81. The van der Waals surface area contributed by atoms with Crippen LogP contribution in [0.4, 0.5) is 36.6 Å². The summed E-state index contributed by atoms with van der Waals surface area (Å²) in [6, 6.07) is 3.88. The quantitative estimate of drug-likeness (QED) is 0.479. The fraction of sp³-hybridized carbons (Fsp3) is 0.273. The van der Waals surface area contributed by atoms with E-state index in [2.05, 4.69) is 25.5 Å². The Balaban J connectivity index is 1.79. The first-order chi connectivity index (χ1) is 17.2. The van der Waals surface area contributed by atoms with Crippen molar-refractivity contribution in [1.29, 1.82) is 0 Å². The van der Waals surface area contributed by atoms with Crippen molar-refractivity contribution in [1.82, 2.24) is 20.1 Å². The van der Waals surface area contributed by atoms with E-state index in [1.54, 1.807) is 0 Å². The maximum Gasteiger partial charge on any atom is 0.573 e. The van der Waals surface area contributed by atoms with Crippen molar-refractivity contribution in [2.24, 2.45) is 11.8 Å². The SMILES string of the molecule is CC1C(=O)NCC1C(=O)Nc1cc(-c2cc(F)cc(OC(F)(F)F)c2)n(-c2cncc(C(F)(F)F)c2)n1. The molecule has 8 nitrogen and oxygen atoms in total. The van der Waals surface area contributed by atoms with Gasteiger partial charge < -0.3 is 15.4 Å². The molecule has 2 amide bonds. The van der Waals surface area contributed by atoms with Crippen molar-refractivity contribution in [3.63, 3.8) is 0 Å². The molecule has 0 radical (unpaired) electrons. The predicted molar refractivity (Wildman–Crippen MR) is 113 cm³/mol. The molecule has 3 heterocycles. The summed E-state index contributed by atoms with van der Waals surface area (Å²) in [6.07, 6.45) is -8.37. The fourth-order valence-electron chi connectivity index (χ4n) is 3.72. The number of rotatable bonds is 5. The molecule has 0 aliphatic carbocycles. The van der Waals surface area contributed by atoms with E-state index in [4.69, 9.17) is 0 Å². The normalized spacial score (nSPS) is 18.0. The highest BCUT2D eigenvalue weighted by Crippen LogP contribution is 2.34. The minimum Gasteiger partial charge on any atom is -0.406 e. The average molecular weight is 531 g/mol. The molecule has 1 aliphatic rings. The molecule has 2 unspecified atom stereocenters. The number of carbonyl (C=O) groups is 2. The maximum absolute atomic E-state index is 14.2. The van der Waals surface area contributed by atoms with Crippen molar-refractivity contribution >= 4 is 17.6 Å². The summed E-state index contributed by atoms with van der Waals surface area (Å²) in [5.74, 6) is -4.71. The Kier molecular flexibility index (Phi) is 6.56. The number of hydrogen-bond donors (Lipinski definition) is 2. The van der Waals surface area contributed by atoms with Gasteiger partial charge in [0.15, 0.2) is 5.82 Å². The first kappa shape index (κ1) is 25.9. The van der Waals surface area contributed by atoms with Gasteiger partial charge in [0.25, 0.3) is 0 Å². The van der Waals surface area contributed by atoms with Gasteiger partial charge in [-0.15, -0.1) is 18.3 Å². The minimum absolute atomic E-state index is 0.0407. The Morgan fingerprint density at radius 3 is 2.46 bits per heavy atom. The third-order valence-electron chi connectivity index (χ3n) is 5.51. The molecule has 2 aromatic heterocycles. The number of pyridine rings is 1. The first-order valence-electron chi connectivity index (χ1n) is 10.5. The van der Waals surface area contributed by atoms with Gasteiger partial charge in [-0.1, -0.05) is 6.92 Å². The van der Waals surface area contributed by atoms with Crippen molar-refractivity contribution in [2.45, 2.75) is 19.5 Å². The minimum atomic E-state index is -5.14. The van der Waals surface area contributed by atoms with E-state index >= 15 is 0 Å². The van der Waals surface area contributed by atoms with E-state index in [0.717, 1.165) is 29.1 Å². The van der Waals surface area contributed by atoms with Gasteiger partial charge in [0.2, 0.25) is 11.8 Å². The van der Waals surface area contributed by atoms with Crippen LogP contribution in [0.15, 0.2) is 42.7 Å². The molecule has 2 N–H and O–H groups in total. The standard InChI is InChI=1S/C22H16F7N5O3/c1-10-16(9-31-19(10)35)20(36)32-18-6-17(11-2-13(23)5-15(3-11)37-22(27,28)29)34(33-18)14-4-12(7-30-8-14)21(24,25)26/h2-8,10,16H,9H2,1H3,(H,31,35)(H,32,33,36). The van der Waals surface area contributed by atoms with Crippen LogP contribution in [0.1, 0.15) is 12.5 Å². The largest absolute Gasteiger partial charge is 0.573 e. The Labute approximate surface area is 203 Å². The lowest BCUT2D eigenvalue weighted by molar-refractivity contribution is -0.274. The van der Waals surface area contributed by atoms with E-state index < -0.39 is 47.4 Å². The molecule has 1 saturated heterocycles. The first-order valence-corrected chi connectivity index (χ1v) is 10.5. The van der Waals surface area contributed by atoms with Crippen molar-refractivity contribution < 1.29 is 45.1 Å². The van der Waals surface area contributed by atoms with E-state index in [1.807, 2.05) is 0 Å². The van der Waals surface area contributed by atoms with Gasteiger partial charge in [-0.05, 0) is 18.2 Å². The Morgan fingerprint density at radius 1 is 1.11 bits per heavy atom. The third-order valence-corrected chi connectivity index (χ3v) is 5.51. The number of nitrogens with one attached hydrogen (secondary N) is 2. The molecule has 15 heteroatoms. The molecule has 0 bridgehead atoms. The molecule has 0 spiro atoms. The van der Waals surface area contributed by atoms with Gasteiger partial charge in [0, 0.05) is 36.4 Å². The highest BCUT2D eigenvalue weighted by molar-refractivity contribution is 5.98. The Hall–Kier alpha value is -4.17. The monoisotopic (exact) mass is 531 g/mol. The number of nitrogens with zero attached hydrogens (tertiary/aromatic N) is 3. The van der Waals surface area contributed by atoms with Gasteiger partial charge in [-0.2, -0.15) is 13.2 Å². The molecule has 37 heavy (non-hydrogen) atoms. The van der Waals surface area contributed by atoms with Gasteiger partial charge in [-0.25, -0.2) is 9.07 Å². The van der Waals surface area contributed by atoms with E-state index in [9.17, 15) is 40.3 Å². The van der Waals surface area contributed by atoms with Crippen LogP contribution in [-0.2, 0) is 15.8 Å². The van der Waals surface area contributed by atoms with Gasteiger partial charge >= 0.3 is 12.5 Å². The smallest absolute Gasteiger partial charge is 0.406 e. The zero-order valence-corrected chi connectivity index (χ0v) is 18.6. The molecular formula is C22H16F7N5O3. The van der Waals surface area contributed by atoms with Crippen LogP contribution in [0.2, 0.25) is 0 Å². The number of hydrogen-bond acceptors (Lipinski definition) is 5. The summed E-state index contributed by atoms with van der Waals surface area (Å²) in [5, 5.41) is 9.01. The zero-order valence-electron chi connectivity index (χ0n) is 18.6. The molecule has 1 fully saturated rings. The average Bonchev–Trinajstić information content (AvgIpc) is 3.35. The van der Waals surface area contributed by atoms with Crippen LogP contribution in [0, 0.1) is 17.7 Å². The Bertz CT molecular complexity index is 1350. The lowest BCUT2D eigenvalue weighted by Crippen LogP contribution is -2.28. The van der Waals surface area contributed by atoms with Crippen LogP contribution in [0.5, 0.6) is 5.75 Å². The highest BCUT2D eigenvalue weighted by atomic mass is 19.4. The van der Waals surface area contributed by atoms with Crippen LogP contribution >= 0.6 is 0 Å². The van der Waals surface area contributed by atoms with Crippen LogP contribution in [-0.4, -0.2) is 39.5 Å². The molecule has 0 saturated carbocycles. The topological polar surface area (TPSA) is 98.1 Å². The fourth-order valence-corrected chi connectivity index (χ4v) is 3.72. The van der Waals surface area contributed by atoms with Crippen molar-refractivity contribution in [2.75, 3.05) is 11.9 Å². The Morgan fingerprint density at radius 2 is 1.84 bits per heavy atom. The van der Waals surface area contributed by atoms with Crippen LogP contribution in [0.25, 0.3) is 16.9 Å². The molecular weight excluding hydrogens is 515 g/mol. The molecule has 4 rings (SSSR count). The molecule has 1 aliphatic heterocycles. The number of carbonyl (C=O) groups excluding carboxylic acids is 2. The summed E-state index contributed by atoms with van der Waals surface area (Å²) in [5.41, 5.74) is -1.87. The lowest BCUT2D eigenvalue weighted by atomic mass is 9.97. The van der Waals surface area contributed by atoms with Crippen LogP contribution < -0.4 is 15.4 Å². The molecule has 1 aromatic carbocycles. The number of benzene rings is 1. The van der Waals surface area contributed by atoms with Gasteiger partial charge in [0.1, 0.15) is 11.6 Å². The van der Waals surface area contributed by atoms with E-state index in [0.29, 0.717) is 18.3 Å². The van der Waals surface area contributed by atoms with E-state index in [1.165, 1.54) is 6.92 Å². The zero-order chi connectivity index (χ0) is 27.1. The number of alkyl halides is 6. The number of amides is 2. The maximum atomic E-state index is 14.2. The van der Waals surface area contributed by atoms with Gasteiger partial charge in [-0.3, -0.25) is 14.6 Å². The van der Waals surface area contributed by atoms with Gasteiger partial charge in [0.05, 0.1) is 29.1 Å². The predicted octanol–water partition coefficient (Wildman–Crippen LogP) is 4.31. The van der Waals surface area contributed by atoms with E-state index in [-0.39, 0.29) is 35.2 Å². The molecule has 3 aromatic rings. The van der Waals surface area contributed by atoms with Crippen molar-refractivity contribution in [3.8, 4) is 22.7 Å². The summed E-state index contributed by atoms with van der Waals surface area (Å²) in [4.78, 5) is 27.9. The summed E-state index contributed by atoms with van der Waals surface area (Å²) in [7, 11) is 0. The second-order valence-corrected chi connectivity index (χ2v) is 8.11. The molecule has 2 atom stereocenters. The second kappa shape index (κ2) is 9.37. The number of ether oxygens (including phenoxy) is 1. The second-order valence-electron chi connectivity index (χ2n) is 8.11. The summed E-state index contributed by atoms with van der Waals surface area (Å²) >= 11 is 0. The van der Waals surface area contributed by atoms with Crippen molar-refractivity contribution in [3.05, 3.63) is 54.1 Å². The number of halogens is 7. The summed E-state index contributed by atoms with van der Waals surface area (Å²) < 4.78 is 96.7.